The van der Waals surface area contributed by atoms with Crippen LogP contribution in [-0.2, 0) is 41.1 Å². The number of phosphoric acid groups is 4. The van der Waals surface area contributed by atoms with Gasteiger partial charge in [-0.15, -0.1) is 0 Å². The molecule has 0 aromatic rings. The third-order valence-corrected chi connectivity index (χ3v) is 4.35. The highest BCUT2D eigenvalue weighted by Crippen LogP contribution is 2.47. The second kappa shape index (κ2) is 10.4. The number of aliphatic hydroxyl groups excluding tert-OH is 1. The van der Waals surface area contributed by atoms with Crippen LogP contribution in [-0.4, -0.2) is 81.6 Å². The van der Waals surface area contributed by atoms with Gasteiger partial charge >= 0.3 is 31.3 Å². The Hall–Kier alpha value is 0.0700. The summed E-state index contributed by atoms with van der Waals surface area (Å²) in [5.74, 6) is -1.82. The minimum Gasteiger partial charge on any atom is -0.394 e. The van der Waals surface area contributed by atoms with E-state index in [9.17, 15) is 23.1 Å². The number of ketones is 1. The SMILES string of the molecule is O=C(COP(=O)(O)O)[C@@H](OP(=O)(O)O)[C@H](OP(=O)(O)O)[C@@H](CO)OP(=O)(O)O. The minimum atomic E-state index is -5.70. The maximum absolute atomic E-state index is 12.0. The molecular weight excluding hydrogens is 484 g/mol. The van der Waals surface area contributed by atoms with E-state index in [1.54, 1.807) is 0 Å². The Bertz CT molecular complexity index is 708. The Kier molecular flexibility index (Phi) is 10.4. The summed E-state index contributed by atoms with van der Waals surface area (Å²) in [6, 6.07) is 0. The lowest BCUT2D eigenvalue weighted by Gasteiger charge is -2.31. The van der Waals surface area contributed by atoms with Crippen molar-refractivity contribution in [3.63, 3.8) is 0 Å². The van der Waals surface area contributed by atoms with Gasteiger partial charge < -0.3 is 44.3 Å². The predicted molar refractivity (Wildman–Crippen MR) is 80.8 cm³/mol. The summed E-state index contributed by atoms with van der Waals surface area (Å²) in [5, 5.41) is 9.13. The van der Waals surface area contributed by atoms with Crippen LogP contribution in [0.4, 0.5) is 0 Å². The average molecular weight is 500 g/mol. The molecule has 0 saturated heterocycles. The third-order valence-electron chi connectivity index (χ3n) is 2.32. The van der Waals surface area contributed by atoms with E-state index < -0.39 is 68.6 Å². The molecular formula is C6H16O18P4. The Labute approximate surface area is 155 Å². The monoisotopic (exact) mass is 500 g/mol. The van der Waals surface area contributed by atoms with Crippen molar-refractivity contribution in [3.8, 4) is 0 Å². The molecule has 18 nitrogen and oxygen atoms in total. The standard InChI is InChI=1S/C6H16O18P4/c7-1-4(22-26(12,13)14)6(24-28(18,19)20)5(23-27(15,16)17)3(8)2-21-25(9,10)11/h4-7H,1-2H2,(H2,9,10,11)(H2,12,13,14)(H2,15,16,17)(H2,18,19,20)/t4-,5-,6-/m1/s1. The fourth-order valence-corrected chi connectivity index (χ4v) is 3.46. The largest absolute Gasteiger partial charge is 0.470 e. The lowest BCUT2D eigenvalue weighted by atomic mass is 10.1. The summed E-state index contributed by atoms with van der Waals surface area (Å²) in [7, 11) is -22.2. The van der Waals surface area contributed by atoms with Crippen molar-refractivity contribution in [3.05, 3.63) is 0 Å². The van der Waals surface area contributed by atoms with Gasteiger partial charge in [-0.25, -0.2) is 18.3 Å². The van der Waals surface area contributed by atoms with Gasteiger partial charge in [-0.3, -0.25) is 22.9 Å². The first kappa shape index (κ1) is 28.1. The van der Waals surface area contributed by atoms with Crippen molar-refractivity contribution < 1.29 is 85.4 Å². The van der Waals surface area contributed by atoms with Gasteiger partial charge in [0.15, 0.2) is 11.9 Å². The van der Waals surface area contributed by atoms with Crippen molar-refractivity contribution in [2.45, 2.75) is 18.3 Å². The number of hydrogen-bond donors (Lipinski definition) is 9. The van der Waals surface area contributed by atoms with Gasteiger partial charge in [0.25, 0.3) is 0 Å². The van der Waals surface area contributed by atoms with Gasteiger partial charge in [0.05, 0.1) is 6.61 Å². The van der Waals surface area contributed by atoms with E-state index in [0.717, 1.165) is 0 Å². The fourth-order valence-electron chi connectivity index (χ4n) is 1.53. The number of carbonyl (C=O) groups is 1. The number of aliphatic hydroxyl groups is 1. The third kappa shape index (κ3) is 13.3. The van der Waals surface area contributed by atoms with E-state index in [2.05, 4.69) is 18.1 Å². The molecule has 22 heteroatoms. The van der Waals surface area contributed by atoms with E-state index in [0.29, 0.717) is 0 Å². The lowest BCUT2D eigenvalue weighted by molar-refractivity contribution is -0.139. The summed E-state index contributed by atoms with van der Waals surface area (Å²) in [6.45, 7) is -3.20. The minimum absolute atomic E-state index is 1.54. The molecule has 0 unspecified atom stereocenters. The van der Waals surface area contributed by atoms with Gasteiger partial charge in [-0.1, -0.05) is 0 Å². The predicted octanol–water partition coefficient (Wildman–Crippen LogP) is -2.91. The van der Waals surface area contributed by atoms with Crippen LogP contribution in [0.25, 0.3) is 0 Å². The topological polar surface area (TPSA) is 304 Å². The molecule has 0 aliphatic carbocycles. The molecule has 0 spiro atoms. The second-order valence-corrected chi connectivity index (χ2v) is 9.44. The van der Waals surface area contributed by atoms with Gasteiger partial charge in [0.2, 0.25) is 0 Å². The smallest absolute Gasteiger partial charge is 0.394 e. The van der Waals surface area contributed by atoms with Crippen LogP contribution in [0.1, 0.15) is 0 Å². The maximum atomic E-state index is 12.0. The normalized spacial score (nSPS) is 17.2. The van der Waals surface area contributed by atoms with Crippen LogP contribution in [0.2, 0.25) is 0 Å². The van der Waals surface area contributed by atoms with Crippen LogP contribution in [0.3, 0.4) is 0 Å². The molecule has 0 fully saturated rings. The van der Waals surface area contributed by atoms with Crippen molar-refractivity contribution in [2.24, 2.45) is 0 Å². The highest BCUT2D eigenvalue weighted by Gasteiger charge is 2.46. The van der Waals surface area contributed by atoms with Gasteiger partial charge in [0.1, 0.15) is 18.8 Å². The summed E-state index contributed by atoms with van der Waals surface area (Å²) in [6.07, 6.45) is -8.20. The van der Waals surface area contributed by atoms with Crippen LogP contribution in [0.15, 0.2) is 0 Å². The molecule has 0 rings (SSSR count). The Balaban J connectivity index is 6.07. The molecule has 28 heavy (non-hydrogen) atoms. The van der Waals surface area contributed by atoms with Crippen molar-refractivity contribution in [1.82, 2.24) is 0 Å². The first-order chi connectivity index (χ1) is 12.2. The highest BCUT2D eigenvalue weighted by molar-refractivity contribution is 7.47. The summed E-state index contributed by atoms with van der Waals surface area (Å²) >= 11 is 0. The molecule has 0 aromatic carbocycles. The number of carbonyl (C=O) groups excluding carboxylic acids is 1. The Morgan fingerprint density at radius 2 is 1.14 bits per heavy atom. The molecule has 168 valence electrons. The Morgan fingerprint density at radius 3 is 1.46 bits per heavy atom. The van der Waals surface area contributed by atoms with Gasteiger partial charge in [-0.05, 0) is 0 Å². The molecule has 0 radical (unpaired) electrons. The maximum Gasteiger partial charge on any atom is 0.470 e. The molecule has 0 bridgehead atoms. The van der Waals surface area contributed by atoms with Crippen LogP contribution < -0.4 is 0 Å². The zero-order chi connectivity index (χ0) is 22.6. The quantitative estimate of drug-likeness (QED) is 0.114. The number of phosphoric ester groups is 4. The van der Waals surface area contributed by atoms with Crippen molar-refractivity contribution in [2.75, 3.05) is 13.2 Å². The fraction of sp³-hybridized carbons (Fsp3) is 0.833. The van der Waals surface area contributed by atoms with E-state index in [1.807, 2.05) is 0 Å². The second-order valence-electron chi connectivity index (χ2n) is 4.62. The Morgan fingerprint density at radius 1 is 0.714 bits per heavy atom. The number of rotatable bonds is 13. The molecule has 9 N–H and O–H groups in total. The molecule has 0 aromatic heterocycles. The van der Waals surface area contributed by atoms with Gasteiger partial charge in [-0.2, -0.15) is 0 Å². The number of Topliss-reactive ketones (excluding diaryl/α,β-unsaturated/α-hetero) is 1. The molecule has 0 aliphatic rings. The van der Waals surface area contributed by atoms with E-state index in [-0.39, 0.29) is 0 Å². The van der Waals surface area contributed by atoms with Crippen molar-refractivity contribution >= 4 is 37.1 Å². The van der Waals surface area contributed by atoms with E-state index >= 15 is 0 Å². The zero-order valence-corrected chi connectivity index (χ0v) is 16.7. The van der Waals surface area contributed by atoms with E-state index in [1.165, 1.54) is 0 Å². The van der Waals surface area contributed by atoms with Crippen LogP contribution in [0, 0.1) is 0 Å². The van der Waals surface area contributed by atoms with E-state index in [4.69, 9.17) is 44.3 Å². The average Bonchev–Trinajstić information content (AvgIpc) is 2.42. The summed E-state index contributed by atoms with van der Waals surface area (Å²) in [4.78, 5) is 81.9. The highest BCUT2D eigenvalue weighted by atomic mass is 31.2. The lowest BCUT2D eigenvalue weighted by Crippen LogP contribution is -2.48. The summed E-state index contributed by atoms with van der Waals surface area (Å²) in [5.41, 5.74) is 0. The molecule has 0 aliphatic heterocycles. The first-order valence-corrected chi connectivity index (χ1v) is 12.4. The molecule has 0 heterocycles. The zero-order valence-electron chi connectivity index (χ0n) is 13.1. The summed E-state index contributed by atoms with van der Waals surface area (Å²) < 4.78 is 59.3. The molecule has 0 saturated carbocycles. The molecule has 3 atom stereocenters. The van der Waals surface area contributed by atoms with Crippen molar-refractivity contribution in [1.29, 1.82) is 0 Å². The van der Waals surface area contributed by atoms with Crippen LogP contribution in [0.5, 0.6) is 0 Å². The van der Waals surface area contributed by atoms with Gasteiger partial charge in [0, 0.05) is 0 Å². The number of hydrogen-bond acceptors (Lipinski definition) is 10. The van der Waals surface area contributed by atoms with Crippen LogP contribution >= 0.6 is 31.3 Å². The first-order valence-electron chi connectivity index (χ1n) is 6.29. The molecule has 0 amide bonds.